The highest BCUT2D eigenvalue weighted by Gasteiger charge is 2.31. The first-order valence-corrected chi connectivity index (χ1v) is 11.9. The van der Waals surface area contributed by atoms with Gasteiger partial charge in [-0.3, -0.25) is 9.52 Å². The van der Waals surface area contributed by atoms with E-state index < -0.39 is 10.0 Å². The second-order valence-corrected chi connectivity index (χ2v) is 9.91. The van der Waals surface area contributed by atoms with Gasteiger partial charge in [-0.05, 0) is 60.7 Å². The van der Waals surface area contributed by atoms with Crippen LogP contribution in [0.1, 0.15) is 34.1 Å². The van der Waals surface area contributed by atoms with Gasteiger partial charge in [-0.25, -0.2) is 8.42 Å². The molecule has 3 aromatic rings. The first-order valence-electron chi connectivity index (χ1n) is 9.17. The van der Waals surface area contributed by atoms with Crippen LogP contribution in [0.4, 0.5) is 5.69 Å². The van der Waals surface area contributed by atoms with E-state index in [-0.39, 0.29) is 16.8 Å². The number of nitrogens with zero attached hydrogens (tertiary/aromatic N) is 1. The first kappa shape index (κ1) is 19.9. The quantitative estimate of drug-likeness (QED) is 0.587. The number of carbonyl (C=O) groups excluding carboxylic acids is 1. The molecule has 1 fully saturated rings. The van der Waals surface area contributed by atoms with Gasteiger partial charge in [0.1, 0.15) is 0 Å². The molecule has 1 aromatic heterocycles. The van der Waals surface area contributed by atoms with Crippen LogP contribution in [0.25, 0.3) is 0 Å². The van der Waals surface area contributed by atoms with Crippen molar-refractivity contribution in [3.63, 3.8) is 0 Å². The van der Waals surface area contributed by atoms with E-state index in [1.54, 1.807) is 41.7 Å². The van der Waals surface area contributed by atoms with Gasteiger partial charge in [-0.15, -0.1) is 11.3 Å². The maximum Gasteiger partial charge on any atom is 0.261 e. The minimum absolute atomic E-state index is 0.0372. The van der Waals surface area contributed by atoms with Crippen LogP contribution in [0.5, 0.6) is 0 Å². The lowest BCUT2D eigenvalue weighted by atomic mass is 10.1. The fourth-order valence-electron chi connectivity index (χ4n) is 3.51. The Balaban J connectivity index is 1.59. The van der Waals surface area contributed by atoms with Gasteiger partial charge < -0.3 is 4.90 Å². The van der Waals surface area contributed by atoms with Crippen molar-refractivity contribution >= 4 is 44.6 Å². The third-order valence-electron chi connectivity index (χ3n) is 4.85. The number of benzene rings is 2. The van der Waals surface area contributed by atoms with E-state index in [0.717, 1.165) is 17.7 Å². The van der Waals surface area contributed by atoms with Crippen molar-refractivity contribution < 1.29 is 13.2 Å². The van der Waals surface area contributed by atoms with Crippen molar-refractivity contribution in [2.45, 2.75) is 23.8 Å². The highest BCUT2D eigenvalue weighted by Crippen LogP contribution is 2.35. The zero-order valence-electron chi connectivity index (χ0n) is 15.4. The minimum Gasteiger partial charge on any atom is -0.331 e. The molecular formula is C21H19ClN2O3S2. The third-order valence-corrected chi connectivity index (χ3v) is 7.44. The van der Waals surface area contributed by atoms with Crippen molar-refractivity contribution in [3.8, 4) is 0 Å². The lowest BCUT2D eigenvalue weighted by Gasteiger charge is -2.24. The van der Waals surface area contributed by atoms with E-state index in [2.05, 4.69) is 4.72 Å². The number of rotatable bonds is 5. The molecule has 0 aliphatic carbocycles. The molecule has 0 bridgehead atoms. The molecule has 2 heterocycles. The molecule has 4 rings (SSSR count). The molecule has 1 N–H and O–H groups in total. The predicted octanol–water partition coefficient (Wildman–Crippen LogP) is 5.18. The predicted molar refractivity (Wildman–Crippen MR) is 116 cm³/mol. The molecular weight excluding hydrogens is 428 g/mol. The Kier molecular flexibility index (Phi) is 5.63. The number of thiophene rings is 1. The molecule has 5 nitrogen and oxygen atoms in total. The van der Waals surface area contributed by atoms with Crippen LogP contribution in [0, 0.1) is 0 Å². The Labute approximate surface area is 179 Å². The third kappa shape index (κ3) is 4.32. The lowest BCUT2D eigenvalue weighted by molar-refractivity contribution is 0.0737. The number of hydrogen-bond acceptors (Lipinski definition) is 4. The summed E-state index contributed by atoms with van der Waals surface area (Å²) in [5.41, 5.74) is 0.731. The van der Waals surface area contributed by atoms with Crippen LogP contribution in [0.3, 0.4) is 0 Å². The van der Waals surface area contributed by atoms with E-state index in [1.807, 2.05) is 22.4 Å². The summed E-state index contributed by atoms with van der Waals surface area (Å²) in [6.45, 7) is 0.666. The molecule has 29 heavy (non-hydrogen) atoms. The summed E-state index contributed by atoms with van der Waals surface area (Å²) in [6, 6.07) is 16.7. The molecule has 8 heteroatoms. The Morgan fingerprint density at radius 2 is 1.93 bits per heavy atom. The smallest absolute Gasteiger partial charge is 0.261 e. The van der Waals surface area contributed by atoms with Crippen LogP contribution in [-0.4, -0.2) is 25.8 Å². The lowest BCUT2D eigenvalue weighted by Crippen LogP contribution is -2.30. The summed E-state index contributed by atoms with van der Waals surface area (Å²) in [5.74, 6) is -0.152. The SMILES string of the molecule is O=C(c1cccc(S(=O)(=O)Nc2cccc(Cl)c2)c1)N1CCCC1c1cccs1. The average molecular weight is 447 g/mol. The van der Waals surface area contributed by atoms with E-state index in [4.69, 9.17) is 11.6 Å². The zero-order chi connectivity index (χ0) is 20.4. The number of nitrogens with one attached hydrogen (secondary N) is 1. The van der Waals surface area contributed by atoms with Crippen molar-refractivity contribution in [2.24, 2.45) is 0 Å². The van der Waals surface area contributed by atoms with Gasteiger partial charge in [0.25, 0.3) is 15.9 Å². The van der Waals surface area contributed by atoms with Gasteiger partial charge in [0, 0.05) is 22.0 Å². The standard InChI is InChI=1S/C21H19ClN2O3S2/c22-16-6-2-7-17(14-16)23-29(26,27)18-8-1-5-15(13-18)21(25)24-11-3-9-19(24)20-10-4-12-28-20/h1-2,4-8,10,12-14,19,23H,3,9,11H2. The topological polar surface area (TPSA) is 66.5 Å². The molecule has 1 atom stereocenters. The number of sulfonamides is 1. The highest BCUT2D eigenvalue weighted by atomic mass is 35.5. The molecule has 1 unspecified atom stereocenters. The number of amides is 1. The summed E-state index contributed by atoms with van der Waals surface area (Å²) >= 11 is 7.57. The molecule has 0 radical (unpaired) electrons. The van der Waals surface area contributed by atoms with Crippen LogP contribution >= 0.6 is 22.9 Å². The summed E-state index contributed by atoms with van der Waals surface area (Å²) in [7, 11) is -3.84. The molecule has 2 aromatic carbocycles. The Bertz CT molecular complexity index is 1130. The monoisotopic (exact) mass is 446 g/mol. The van der Waals surface area contributed by atoms with Crippen molar-refractivity contribution in [3.05, 3.63) is 81.5 Å². The molecule has 1 aliphatic heterocycles. The summed E-state index contributed by atoms with van der Waals surface area (Å²) < 4.78 is 28.1. The zero-order valence-corrected chi connectivity index (χ0v) is 17.8. The van der Waals surface area contributed by atoms with Crippen LogP contribution in [0.2, 0.25) is 5.02 Å². The fraction of sp³-hybridized carbons (Fsp3) is 0.190. The molecule has 150 valence electrons. The molecule has 0 spiro atoms. The number of likely N-dealkylation sites (tertiary alicyclic amines) is 1. The number of anilines is 1. The van der Waals surface area contributed by atoms with Crippen molar-refractivity contribution in [1.82, 2.24) is 4.90 Å². The van der Waals surface area contributed by atoms with Crippen LogP contribution < -0.4 is 4.72 Å². The second kappa shape index (κ2) is 8.18. The largest absolute Gasteiger partial charge is 0.331 e. The van der Waals surface area contributed by atoms with Crippen molar-refractivity contribution in [1.29, 1.82) is 0 Å². The van der Waals surface area contributed by atoms with Crippen LogP contribution in [0.15, 0.2) is 70.9 Å². The minimum atomic E-state index is -3.84. The highest BCUT2D eigenvalue weighted by molar-refractivity contribution is 7.92. The summed E-state index contributed by atoms with van der Waals surface area (Å²) in [6.07, 6.45) is 1.85. The van der Waals surface area contributed by atoms with Crippen LogP contribution in [-0.2, 0) is 10.0 Å². The second-order valence-electron chi connectivity index (χ2n) is 6.82. The van der Waals surface area contributed by atoms with E-state index >= 15 is 0 Å². The van der Waals surface area contributed by atoms with Gasteiger partial charge in [0.15, 0.2) is 0 Å². The van der Waals surface area contributed by atoms with Gasteiger partial charge in [-0.1, -0.05) is 29.8 Å². The number of halogens is 1. The first-order chi connectivity index (χ1) is 13.9. The van der Waals surface area contributed by atoms with Gasteiger partial charge >= 0.3 is 0 Å². The van der Waals surface area contributed by atoms with Crippen molar-refractivity contribution in [2.75, 3.05) is 11.3 Å². The fourth-order valence-corrected chi connectivity index (χ4v) is 5.67. The Morgan fingerprint density at radius 3 is 2.69 bits per heavy atom. The van der Waals surface area contributed by atoms with E-state index in [1.165, 1.54) is 18.2 Å². The van der Waals surface area contributed by atoms with E-state index in [0.29, 0.717) is 22.8 Å². The molecule has 0 saturated carbocycles. The van der Waals surface area contributed by atoms with Gasteiger partial charge in [-0.2, -0.15) is 0 Å². The van der Waals surface area contributed by atoms with E-state index in [9.17, 15) is 13.2 Å². The molecule has 1 amide bonds. The van der Waals surface area contributed by atoms with Gasteiger partial charge in [0.05, 0.1) is 16.6 Å². The number of carbonyl (C=O) groups is 1. The number of hydrogen-bond donors (Lipinski definition) is 1. The Morgan fingerprint density at radius 1 is 1.10 bits per heavy atom. The Hall–Kier alpha value is -2.35. The normalized spacial score (nSPS) is 16.7. The van der Waals surface area contributed by atoms with Gasteiger partial charge in [0.2, 0.25) is 0 Å². The summed E-state index contributed by atoms with van der Waals surface area (Å²) in [4.78, 5) is 16.2. The maximum absolute atomic E-state index is 13.1. The molecule has 1 aliphatic rings. The average Bonchev–Trinajstić information content (AvgIpc) is 3.38. The summed E-state index contributed by atoms with van der Waals surface area (Å²) in [5, 5.41) is 2.44. The maximum atomic E-state index is 13.1. The molecule has 1 saturated heterocycles.